The third kappa shape index (κ3) is 5.56. The van der Waals surface area contributed by atoms with E-state index in [0.29, 0.717) is 5.56 Å². The molecule has 0 spiro atoms. The fourth-order valence-corrected chi connectivity index (χ4v) is 4.98. The van der Waals surface area contributed by atoms with Crippen LogP contribution in [0.1, 0.15) is 42.7 Å². The zero-order valence-electron chi connectivity index (χ0n) is 21.5. The number of aliphatic carboxylic acids is 1. The average Bonchev–Trinajstić information content (AvgIpc) is 3.35. The van der Waals surface area contributed by atoms with Gasteiger partial charge < -0.3 is 9.84 Å². The summed E-state index contributed by atoms with van der Waals surface area (Å²) in [6.07, 6.45) is -5.08. The number of methoxy groups -OCH3 is 1. The molecule has 2 amide bonds. The number of esters is 1. The van der Waals surface area contributed by atoms with Gasteiger partial charge >= 0.3 is 18.1 Å². The maximum Gasteiger partial charge on any atom is 0.490 e. The molecule has 4 rings (SSSR count). The molecule has 208 valence electrons. The molecule has 0 unspecified atom stereocenters. The Morgan fingerprint density at radius 1 is 1.00 bits per heavy atom. The number of nitrogens with one attached hydrogen (secondary N) is 1. The van der Waals surface area contributed by atoms with Gasteiger partial charge in [-0.3, -0.25) is 29.4 Å². The number of fused-ring (bicyclic) bond motifs is 1. The summed E-state index contributed by atoms with van der Waals surface area (Å²) in [5.41, 5.74) is 2.09. The molecule has 0 aliphatic carbocycles. The summed E-state index contributed by atoms with van der Waals surface area (Å²) in [5.74, 6) is -5.40. The molecule has 2 heterocycles. The minimum absolute atomic E-state index is 0.0133. The van der Waals surface area contributed by atoms with Crippen molar-refractivity contribution < 1.29 is 47.0 Å². The van der Waals surface area contributed by atoms with Crippen molar-refractivity contribution >= 4 is 29.5 Å². The van der Waals surface area contributed by atoms with E-state index < -0.39 is 41.5 Å². The first-order valence-corrected chi connectivity index (χ1v) is 11.9. The first-order chi connectivity index (χ1) is 18.2. The number of hydrogen-bond acceptors (Lipinski definition) is 7. The lowest BCUT2D eigenvalue weighted by Crippen LogP contribution is -2.53. The van der Waals surface area contributed by atoms with E-state index in [0.717, 1.165) is 16.7 Å². The Morgan fingerprint density at radius 3 is 1.90 bits per heavy atom. The summed E-state index contributed by atoms with van der Waals surface area (Å²) in [5, 5.41) is 10.4. The molecule has 2 aromatic carbocycles. The van der Waals surface area contributed by atoms with Crippen molar-refractivity contribution in [2.45, 2.75) is 38.5 Å². The van der Waals surface area contributed by atoms with Crippen LogP contribution in [-0.2, 0) is 23.9 Å². The van der Waals surface area contributed by atoms with E-state index in [1.54, 1.807) is 26.0 Å². The van der Waals surface area contributed by atoms with E-state index in [1.165, 1.54) is 18.9 Å². The van der Waals surface area contributed by atoms with Gasteiger partial charge in [-0.05, 0) is 37.5 Å². The molecule has 4 atom stereocenters. The van der Waals surface area contributed by atoms with Crippen LogP contribution in [0.25, 0.3) is 11.1 Å². The SMILES string of the molecule is CCN1C(=O)[C@H]2[C@@H](c3ccc(-c4ccc(C(C)=O)cc4)cc3)N[C@@](C)(C(=O)OC)[C@H]2C1=O.O=C(O)C(F)(F)F. The lowest BCUT2D eigenvalue weighted by atomic mass is 9.80. The van der Waals surface area contributed by atoms with Crippen LogP contribution in [0.5, 0.6) is 0 Å². The van der Waals surface area contributed by atoms with Crippen LogP contribution in [-0.4, -0.2) is 64.9 Å². The van der Waals surface area contributed by atoms with Crippen LogP contribution < -0.4 is 5.32 Å². The van der Waals surface area contributed by atoms with E-state index in [9.17, 15) is 32.3 Å². The number of rotatable bonds is 5. The summed E-state index contributed by atoms with van der Waals surface area (Å²) in [6.45, 7) is 5.18. The highest BCUT2D eigenvalue weighted by atomic mass is 19.4. The molecule has 0 aromatic heterocycles. The van der Waals surface area contributed by atoms with E-state index in [1.807, 2.05) is 36.4 Å². The Morgan fingerprint density at radius 2 is 1.49 bits per heavy atom. The van der Waals surface area contributed by atoms with Crippen LogP contribution >= 0.6 is 0 Å². The number of hydrogen-bond donors (Lipinski definition) is 2. The van der Waals surface area contributed by atoms with Gasteiger partial charge in [-0.25, -0.2) is 4.79 Å². The van der Waals surface area contributed by atoms with Crippen molar-refractivity contribution in [3.05, 3.63) is 59.7 Å². The third-order valence-corrected chi connectivity index (χ3v) is 6.94. The standard InChI is InChI=1S/C25H26N2O5.C2HF3O2/c1-5-27-22(29)19-20(23(27)30)25(3,24(31)32-4)26-21(19)18-12-10-17(11-13-18)16-8-6-15(7-9-16)14(2)28;3-2(4,5)1(6)7/h6-13,19-21,26H,5H2,1-4H3;(H,6,7)/t19-,20-,21-,25-;/m1./s1. The van der Waals surface area contributed by atoms with E-state index >= 15 is 0 Å². The van der Waals surface area contributed by atoms with Crippen LogP contribution in [0.15, 0.2) is 48.5 Å². The Balaban J connectivity index is 0.000000532. The second-order valence-corrected chi connectivity index (χ2v) is 9.30. The first kappa shape index (κ1) is 29.5. The molecule has 0 bridgehead atoms. The number of ether oxygens (including phenoxy) is 1. The highest BCUT2D eigenvalue weighted by Crippen LogP contribution is 2.49. The van der Waals surface area contributed by atoms with Crippen LogP contribution in [0, 0.1) is 11.8 Å². The minimum atomic E-state index is -5.08. The van der Waals surface area contributed by atoms with Crippen molar-refractivity contribution in [1.29, 1.82) is 0 Å². The lowest BCUT2D eigenvalue weighted by molar-refractivity contribution is -0.192. The number of carboxylic acid groups (broad SMARTS) is 1. The summed E-state index contributed by atoms with van der Waals surface area (Å²) in [4.78, 5) is 60.3. The maximum absolute atomic E-state index is 13.1. The Labute approximate surface area is 221 Å². The predicted molar refractivity (Wildman–Crippen MR) is 131 cm³/mol. The van der Waals surface area contributed by atoms with Gasteiger partial charge in [0.15, 0.2) is 5.78 Å². The Kier molecular flexibility index (Phi) is 8.30. The molecular weight excluding hydrogens is 521 g/mol. The number of amides is 2. The molecule has 0 radical (unpaired) electrons. The number of nitrogens with zero attached hydrogens (tertiary/aromatic N) is 1. The van der Waals surface area contributed by atoms with Crippen molar-refractivity contribution in [2.75, 3.05) is 13.7 Å². The smallest absolute Gasteiger partial charge is 0.475 e. The number of halogens is 3. The first-order valence-electron chi connectivity index (χ1n) is 11.9. The molecule has 2 N–H and O–H groups in total. The molecular formula is C27H27F3N2O7. The molecule has 9 nitrogen and oxygen atoms in total. The molecule has 12 heteroatoms. The number of ketones is 1. The van der Waals surface area contributed by atoms with Crippen LogP contribution in [0.2, 0.25) is 0 Å². The van der Waals surface area contributed by atoms with E-state index in [2.05, 4.69) is 5.32 Å². The van der Waals surface area contributed by atoms with Crippen molar-refractivity contribution in [2.24, 2.45) is 11.8 Å². The number of Topliss-reactive ketones (excluding diaryl/α,β-unsaturated/α-hetero) is 1. The molecule has 39 heavy (non-hydrogen) atoms. The summed E-state index contributed by atoms with van der Waals surface area (Å²) < 4.78 is 36.7. The zero-order chi connectivity index (χ0) is 29.3. The number of imide groups is 1. The number of likely N-dealkylation sites (tertiary alicyclic amines) is 1. The van der Waals surface area contributed by atoms with E-state index in [4.69, 9.17) is 14.6 Å². The fraction of sp³-hybridized carbons (Fsp3) is 0.370. The largest absolute Gasteiger partial charge is 0.490 e. The van der Waals surface area contributed by atoms with Gasteiger partial charge in [-0.2, -0.15) is 13.2 Å². The average molecular weight is 549 g/mol. The van der Waals surface area contributed by atoms with Crippen molar-refractivity contribution in [3.8, 4) is 11.1 Å². The number of carbonyl (C=O) groups excluding carboxylic acids is 4. The second-order valence-electron chi connectivity index (χ2n) is 9.30. The number of alkyl halides is 3. The van der Waals surface area contributed by atoms with Gasteiger partial charge in [-0.15, -0.1) is 0 Å². The van der Waals surface area contributed by atoms with Crippen molar-refractivity contribution in [1.82, 2.24) is 10.2 Å². The van der Waals surface area contributed by atoms with E-state index in [-0.39, 0.29) is 24.1 Å². The predicted octanol–water partition coefficient (Wildman–Crippen LogP) is 3.39. The zero-order valence-corrected chi connectivity index (χ0v) is 21.5. The third-order valence-electron chi connectivity index (χ3n) is 6.94. The number of carbonyl (C=O) groups is 5. The topological polar surface area (TPSA) is 130 Å². The fourth-order valence-electron chi connectivity index (χ4n) is 4.98. The van der Waals surface area contributed by atoms with Gasteiger partial charge in [0.2, 0.25) is 11.8 Å². The van der Waals surface area contributed by atoms with Gasteiger partial charge in [0.05, 0.1) is 18.9 Å². The summed E-state index contributed by atoms with van der Waals surface area (Å²) >= 11 is 0. The molecule has 2 fully saturated rings. The number of carboxylic acids is 1. The molecule has 2 aliphatic heterocycles. The van der Waals surface area contributed by atoms with Gasteiger partial charge in [0.25, 0.3) is 0 Å². The number of benzene rings is 2. The normalized spacial score (nSPS) is 24.1. The lowest BCUT2D eigenvalue weighted by Gasteiger charge is -2.28. The highest BCUT2D eigenvalue weighted by Gasteiger charge is 2.66. The Hall–Kier alpha value is -4.06. The molecule has 2 saturated heterocycles. The van der Waals surface area contributed by atoms with Gasteiger partial charge in [0.1, 0.15) is 5.54 Å². The van der Waals surface area contributed by atoms with Gasteiger partial charge in [0, 0.05) is 18.2 Å². The highest BCUT2D eigenvalue weighted by molar-refractivity contribution is 6.09. The van der Waals surface area contributed by atoms with Crippen molar-refractivity contribution in [3.63, 3.8) is 0 Å². The van der Waals surface area contributed by atoms with Crippen LogP contribution in [0.4, 0.5) is 13.2 Å². The summed E-state index contributed by atoms with van der Waals surface area (Å²) in [7, 11) is 1.28. The second kappa shape index (κ2) is 11.0. The van der Waals surface area contributed by atoms with Gasteiger partial charge in [-0.1, -0.05) is 48.5 Å². The Bertz CT molecular complexity index is 1290. The quantitative estimate of drug-likeness (QED) is 0.331. The van der Waals surface area contributed by atoms with Crippen LogP contribution in [0.3, 0.4) is 0 Å². The minimum Gasteiger partial charge on any atom is -0.475 e. The molecule has 2 aromatic rings. The summed E-state index contributed by atoms with van der Waals surface area (Å²) in [6, 6.07) is 14.5. The molecule has 2 aliphatic rings. The maximum atomic E-state index is 13.1. The molecule has 0 saturated carbocycles. The monoisotopic (exact) mass is 548 g/mol.